The zero-order chi connectivity index (χ0) is 15.8. The molecule has 21 heavy (non-hydrogen) atoms. The lowest BCUT2D eigenvalue weighted by Gasteiger charge is -2.23. The average molecular weight is 353 g/mol. The van der Waals surface area contributed by atoms with E-state index in [9.17, 15) is 9.59 Å². The molecule has 0 aliphatic carbocycles. The second-order valence-electron chi connectivity index (χ2n) is 6.58. The van der Waals surface area contributed by atoms with Crippen molar-refractivity contribution in [3.8, 4) is 0 Å². The van der Waals surface area contributed by atoms with Crippen LogP contribution >= 0.6 is 15.9 Å². The second kappa shape index (κ2) is 5.79. The smallest absolute Gasteiger partial charge is 0.227 e. The summed E-state index contributed by atoms with van der Waals surface area (Å²) in [5.74, 6) is -0.332. The van der Waals surface area contributed by atoms with Crippen molar-refractivity contribution in [2.75, 3.05) is 11.4 Å². The van der Waals surface area contributed by atoms with Crippen LogP contribution < -0.4 is 10.2 Å². The van der Waals surface area contributed by atoms with E-state index in [0.29, 0.717) is 6.54 Å². The van der Waals surface area contributed by atoms with Crippen molar-refractivity contribution in [2.24, 2.45) is 5.92 Å². The van der Waals surface area contributed by atoms with Gasteiger partial charge in [-0.05, 0) is 45.4 Å². The molecule has 4 nitrogen and oxygen atoms in total. The average Bonchev–Trinajstić information content (AvgIpc) is 2.73. The van der Waals surface area contributed by atoms with Gasteiger partial charge in [-0.25, -0.2) is 0 Å². The lowest BCUT2D eigenvalue weighted by molar-refractivity contribution is -0.127. The fourth-order valence-electron chi connectivity index (χ4n) is 2.35. The lowest BCUT2D eigenvalue weighted by atomic mass is 10.0. The predicted octanol–water partition coefficient (Wildman–Crippen LogP) is 3.03. The van der Waals surface area contributed by atoms with E-state index in [4.69, 9.17) is 0 Å². The fraction of sp³-hybridized carbons (Fsp3) is 0.500. The third-order valence-corrected chi connectivity index (χ3v) is 4.32. The number of hydrogen-bond acceptors (Lipinski definition) is 2. The van der Waals surface area contributed by atoms with Crippen molar-refractivity contribution in [1.29, 1.82) is 0 Å². The van der Waals surface area contributed by atoms with Gasteiger partial charge in [-0.3, -0.25) is 9.59 Å². The Morgan fingerprint density at radius 3 is 2.62 bits per heavy atom. The predicted molar refractivity (Wildman–Crippen MR) is 87.2 cm³/mol. The summed E-state index contributed by atoms with van der Waals surface area (Å²) in [4.78, 5) is 26.1. The van der Waals surface area contributed by atoms with Crippen molar-refractivity contribution in [2.45, 2.75) is 39.7 Å². The number of aryl methyl sites for hydroxylation is 1. The molecule has 1 aromatic rings. The highest BCUT2D eigenvalue weighted by Crippen LogP contribution is 2.29. The summed E-state index contributed by atoms with van der Waals surface area (Å²) >= 11 is 3.48. The molecule has 1 aromatic carbocycles. The molecule has 1 saturated heterocycles. The molecule has 0 bridgehead atoms. The summed E-state index contributed by atoms with van der Waals surface area (Å²) in [6, 6.07) is 5.81. The molecule has 114 valence electrons. The van der Waals surface area contributed by atoms with E-state index >= 15 is 0 Å². The Labute approximate surface area is 134 Å². The third kappa shape index (κ3) is 3.84. The number of carbonyl (C=O) groups is 2. The molecule has 2 rings (SSSR count). The van der Waals surface area contributed by atoms with Gasteiger partial charge in [0.15, 0.2) is 0 Å². The minimum atomic E-state index is -0.281. The van der Waals surface area contributed by atoms with Gasteiger partial charge < -0.3 is 10.2 Å². The Morgan fingerprint density at radius 1 is 1.38 bits per heavy atom. The first-order valence-electron chi connectivity index (χ1n) is 7.06. The second-order valence-corrected chi connectivity index (χ2v) is 7.43. The molecule has 1 aliphatic rings. The molecule has 2 amide bonds. The van der Waals surface area contributed by atoms with Crippen LogP contribution in [0.4, 0.5) is 5.69 Å². The molecule has 1 fully saturated rings. The van der Waals surface area contributed by atoms with E-state index in [1.54, 1.807) is 4.90 Å². The summed E-state index contributed by atoms with van der Waals surface area (Å²) in [6.07, 6.45) is 0.271. The van der Waals surface area contributed by atoms with E-state index in [-0.39, 0.29) is 29.7 Å². The summed E-state index contributed by atoms with van der Waals surface area (Å²) < 4.78 is 0.968. The Morgan fingerprint density at radius 2 is 2.05 bits per heavy atom. The van der Waals surface area contributed by atoms with Crippen LogP contribution in [0.5, 0.6) is 0 Å². The standard InChI is InChI=1S/C16H21BrN2O2/c1-10-5-6-12(8-13(10)17)19-9-11(7-14(19)20)15(21)18-16(2,3)4/h5-6,8,11H,7,9H2,1-4H3,(H,18,21). The van der Waals surface area contributed by atoms with Gasteiger partial charge in [0.1, 0.15) is 0 Å². The number of anilines is 1. The highest BCUT2D eigenvalue weighted by molar-refractivity contribution is 9.10. The maximum Gasteiger partial charge on any atom is 0.227 e. The number of halogens is 1. The molecule has 1 atom stereocenters. The van der Waals surface area contributed by atoms with E-state index in [1.807, 2.05) is 45.9 Å². The number of benzene rings is 1. The van der Waals surface area contributed by atoms with Gasteiger partial charge in [-0.2, -0.15) is 0 Å². The quantitative estimate of drug-likeness (QED) is 0.889. The number of rotatable bonds is 2. The Kier molecular flexibility index (Phi) is 4.42. The van der Waals surface area contributed by atoms with Crippen molar-refractivity contribution >= 4 is 33.4 Å². The first kappa shape index (κ1) is 16.0. The van der Waals surface area contributed by atoms with Gasteiger partial charge in [-0.15, -0.1) is 0 Å². The van der Waals surface area contributed by atoms with Gasteiger partial charge in [0.05, 0.1) is 5.92 Å². The highest BCUT2D eigenvalue weighted by Gasteiger charge is 2.36. The number of nitrogens with one attached hydrogen (secondary N) is 1. The van der Waals surface area contributed by atoms with Crippen LogP contribution in [0, 0.1) is 12.8 Å². The molecule has 0 spiro atoms. The van der Waals surface area contributed by atoms with Gasteiger partial charge >= 0.3 is 0 Å². The maximum atomic E-state index is 12.2. The Hall–Kier alpha value is -1.36. The first-order valence-corrected chi connectivity index (χ1v) is 7.85. The molecule has 1 aliphatic heterocycles. The van der Waals surface area contributed by atoms with Crippen LogP contribution in [-0.2, 0) is 9.59 Å². The number of amides is 2. The summed E-state index contributed by atoms with van der Waals surface area (Å²) in [7, 11) is 0. The van der Waals surface area contributed by atoms with Crippen LogP contribution in [0.25, 0.3) is 0 Å². The topological polar surface area (TPSA) is 49.4 Å². The molecule has 1 heterocycles. The monoisotopic (exact) mass is 352 g/mol. The van der Waals surface area contributed by atoms with Crippen molar-refractivity contribution < 1.29 is 9.59 Å². The van der Waals surface area contributed by atoms with Crippen LogP contribution in [0.1, 0.15) is 32.8 Å². The molecule has 1 unspecified atom stereocenters. The van der Waals surface area contributed by atoms with Crippen LogP contribution in [0.3, 0.4) is 0 Å². The van der Waals surface area contributed by atoms with E-state index in [0.717, 1.165) is 15.7 Å². The minimum Gasteiger partial charge on any atom is -0.351 e. The summed E-state index contributed by atoms with van der Waals surface area (Å²) in [5.41, 5.74) is 1.68. The molecular formula is C16H21BrN2O2. The summed E-state index contributed by atoms with van der Waals surface area (Å²) in [5, 5.41) is 2.95. The van der Waals surface area contributed by atoms with E-state index in [2.05, 4.69) is 21.2 Å². The normalized spacial score (nSPS) is 19.0. The molecule has 0 saturated carbocycles. The van der Waals surface area contributed by atoms with E-state index in [1.165, 1.54) is 0 Å². The lowest BCUT2D eigenvalue weighted by Crippen LogP contribution is -2.44. The zero-order valence-corrected chi connectivity index (χ0v) is 14.5. The molecule has 5 heteroatoms. The van der Waals surface area contributed by atoms with E-state index < -0.39 is 0 Å². The molecule has 0 radical (unpaired) electrons. The maximum absolute atomic E-state index is 12.2. The molecule has 1 N–H and O–H groups in total. The highest BCUT2D eigenvalue weighted by atomic mass is 79.9. The Bertz CT molecular complexity index is 578. The number of hydrogen-bond donors (Lipinski definition) is 1. The molecule has 0 aromatic heterocycles. The number of nitrogens with zero attached hydrogens (tertiary/aromatic N) is 1. The van der Waals surface area contributed by atoms with Crippen LogP contribution in [0.2, 0.25) is 0 Å². The van der Waals surface area contributed by atoms with Gasteiger partial charge in [0.25, 0.3) is 0 Å². The molecular weight excluding hydrogens is 332 g/mol. The fourth-order valence-corrected chi connectivity index (χ4v) is 2.72. The van der Waals surface area contributed by atoms with Crippen LogP contribution in [-0.4, -0.2) is 23.9 Å². The Balaban J connectivity index is 2.12. The van der Waals surface area contributed by atoms with Crippen LogP contribution in [0.15, 0.2) is 22.7 Å². The van der Waals surface area contributed by atoms with Gasteiger partial charge in [0.2, 0.25) is 11.8 Å². The van der Waals surface area contributed by atoms with Crippen molar-refractivity contribution in [1.82, 2.24) is 5.32 Å². The van der Waals surface area contributed by atoms with Crippen molar-refractivity contribution in [3.63, 3.8) is 0 Å². The largest absolute Gasteiger partial charge is 0.351 e. The third-order valence-electron chi connectivity index (χ3n) is 3.46. The minimum absolute atomic E-state index is 0.000174. The zero-order valence-electron chi connectivity index (χ0n) is 12.9. The van der Waals surface area contributed by atoms with Gasteiger partial charge in [-0.1, -0.05) is 22.0 Å². The first-order chi connectivity index (χ1) is 9.67. The van der Waals surface area contributed by atoms with Crippen molar-refractivity contribution in [3.05, 3.63) is 28.2 Å². The SMILES string of the molecule is Cc1ccc(N2CC(C(=O)NC(C)(C)C)CC2=O)cc1Br. The summed E-state index contributed by atoms with van der Waals surface area (Å²) in [6.45, 7) is 8.26. The number of carbonyl (C=O) groups excluding carboxylic acids is 2. The van der Waals surface area contributed by atoms with Gasteiger partial charge in [0, 0.05) is 28.7 Å².